The maximum Gasteiger partial charge on any atom is 0.150 e. The van der Waals surface area contributed by atoms with E-state index in [1.807, 2.05) is 5.38 Å². The molecule has 0 amide bonds. The molecule has 1 fully saturated rings. The lowest BCUT2D eigenvalue weighted by molar-refractivity contribution is 0.346. The van der Waals surface area contributed by atoms with Gasteiger partial charge in [0.25, 0.3) is 0 Å². The number of sulfone groups is 1. The van der Waals surface area contributed by atoms with Gasteiger partial charge < -0.3 is 5.32 Å². The van der Waals surface area contributed by atoms with Crippen LogP contribution in [-0.2, 0) is 9.84 Å². The summed E-state index contributed by atoms with van der Waals surface area (Å²) in [6, 6.07) is 0.491. The molecule has 1 aromatic heterocycles. The lowest BCUT2D eigenvalue weighted by Crippen LogP contribution is -2.39. The second-order valence-corrected chi connectivity index (χ2v) is 8.33. The summed E-state index contributed by atoms with van der Waals surface area (Å²) in [6.07, 6.45) is 6.74. The Morgan fingerprint density at radius 2 is 2.28 bits per heavy atom. The van der Waals surface area contributed by atoms with Crippen LogP contribution >= 0.6 is 11.3 Å². The number of hydrogen-bond acceptors (Lipinski definition) is 5. The second-order valence-electron chi connectivity index (χ2n) is 5.07. The minimum atomic E-state index is -2.90. The van der Waals surface area contributed by atoms with Crippen molar-refractivity contribution in [3.05, 3.63) is 16.6 Å². The number of rotatable bonds is 4. The minimum absolute atomic E-state index is 0.174. The fraction of sp³-hybridized carbons (Fsp3) is 0.750. The van der Waals surface area contributed by atoms with Gasteiger partial charge in [-0.15, -0.1) is 11.3 Å². The molecule has 3 atom stereocenters. The van der Waals surface area contributed by atoms with E-state index < -0.39 is 9.84 Å². The number of nitrogens with one attached hydrogen (secondary N) is 1. The van der Waals surface area contributed by atoms with Crippen molar-refractivity contribution >= 4 is 21.2 Å². The summed E-state index contributed by atoms with van der Waals surface area (Å²) >= 11 is 1.63. The molecule has 2 rings (SSSR count). The molecule has 3 unspecified atom stereocenters. The average molecular weight is 288 g/mol. The Hall–Kier alpha value is -0.460. The molecular formula is C12H20N2O2S2. The molecule has 1 saturated carbocycles. The van der Waals surface area contributed by atoms with Crippen LogP contribution in [0.15, 0.2) is 11.6 Å². The van der Waals surface area contributed by atoms with Gasteiger partial charge in [0.1, 0.15) is 14.8 Å². The van der Waals surface area contributed by atoms with Crippen LogP contribution in [0.5, 0.6) is 0 Å². The summed E-state index contributed by atoms with van der Waals surface area (Å²) in [5.74, 6) is 0. The van der Waals surface area contributed by atoms with Crippen LogP contribution in [0.25, 0.3) is 0 Å². The van der Waals surface area contributed by atoms with Gasteiger partial charge in [-0.25, -0.2) is 13.4 Å². The van der Waals surface area contributed by atoms with E-state index in [4.69, 9.17) is 0 Å². The first kappa shape index (κ1) is 14.0. The highest BCUT2D eigenvalue weighted by atomic mass is 32.2. The second kappa shape index (κ2) is 5.67. The quantitative estimate of drug-likeness (QED) is 0.922. The maximum absolute atomic E-state index is 11.6. The molecule has 1 aliphatic rings. The first-order chi connectivity index (χ1) is 8.47. The highest BCUT2D eigenvalue weighted by Crippen LogP contribution is 2.26. The average Bonchev–Trinajstić information content (AvgIpc) is 2.81. The lowest BCUT2D eigenvalue weighted by atomic mass is 9.94. The van der Waals surface area contributed by atoms with Gasteiger partial charge >= 0.3 is 0 Å². The summed E-state index contributed by atoms with van der Waals surface area (Å²) in [4.78, 5) is 4.29. The van der Waals surface area contributed by atoms with Crippen molar-refractivity contribution in [2.75, 3.05) is 6.26 Å². The van der Waals surface area contributed by atoms with Gasteiger partial charge in [-0.2, -0.15) is 0 Å². The Labute approximate surface area is 113 Å². The maximum atomic E-state index is 11.6. The number of nitrogens with zero attached hydrogens (tertiary/aromatic N) is 1. The molecule has 1 aliphatic carbocycles. The molecule has 0 spiro atoms. The van der Waals surface area contributed by atoms with Crippen molar-refractivity contribution in [2.24, 2.45) is 0 Å². The van der Waals surface area contributed by atoms with Crippen molar-refractivity contribution in [2.45, 2.75) is 49.9 Å². The van der Waals surface area contributed by atoms with Gasteiger partial charge in [-0.3, -0.25) is 0 Å². The van der Waals surface area contributed by atoms with Crippen molar-refractivity contribution in [3.63, 3.8) is 0 Å². The Morgan fingerprint density at radius 1 is 1.50 bits per heavy atom. The van der Waals surface area contributed by atoms with Gasteiger partial charge in [0.15, 0.2) is 0 Å². The number of thiazole rings is 1. The third-order valence-electron chi connectivity index (χ3n) is 3.54. The van der Waals surface area contributed by atoms with Gasteiger partial charge in [0, 0.05) is 23.9 Å². The van der Waals surface area contributed by atoms with Crippen LogP contribution in [-0.4, -0.2) is 30.9 Å². The molecule has 0 aromatic carbocycles. The predicted octanol–water partition coefficient (Wildman–Crippen LogP) is 2.15. The largest absolute Gasteiger partial charge is 0.305 e. The van der Waals surface area contributed by atoms with Crippen LogP contribution < -0.4 is 5.32 Å². The van der Waals surface area contributed by atoms with E-state index in [1.165, 1.54) is 6.26 Å². The summed E-state index contributed by atoms with van der Waals surface area (Å²) in [6.45, 7) is 2.09. The van der Waals surface area contributed by atoms with Crippen molar-refractivity contribution in [3.8, 4) is 0 Å². The van der Waals surface area contributed by atoms with Gasteiger partial charge in [-0.05, 0) is 26.2 Å². The summed E-state index contributed by atoms with van der Waals surface area (Å²) < 4.78 is 23.2. The normalized spacial score (nSPS) is 27.0. The fourth-order valence-electron chi connectivity index (χ4n) is 2.56. The smallest absolute Gasteiger partial charge is 0.150 e. The van der Waals surface area contributed by atoms with E-state index in [0.717, 1.165) is 30.7 Å². The van der Waals surface area contributed by atoms with Crippen LogP contribution in [0, 0.1) is 0 Å². The van der Waals surface area contributed by atoms with Crippen LogP contribution in [0.4, 0.5) is 0 Å². The van der Waals surface area contributed by atoms with E-state index in [1.54, 1.807) is 17.5 Å². The summed E-state index contributed by atoms with van der Waals surface area (Å²) in [5.41, 5.74) is 0. The fourth-order valence-corrected chi connectivity index (χ4v) is 4.39. The zero-order chi connectivity index (χ0) is 13.2. The molecule has 0 radical (unpaired) electrons. The SMILES string of the molecule is CC(NC1CCCC(S(C)(=O)=O)C1)c1nccs1. The van der Waals surface area contributed by atoms with E-state index in [2.05, 4.69) is 17.2 Å². The summed E-state index contributed by atoms with van der Waals surface area (Å²) in [7, 11) is -2.90. The third kappa shape index (κ3) is 3.52. The molecule has 6 heteroatoms. The monoisotopic (exact) mass is 288 g/mol. The van der Waals surface area contributed by atoms with Crippen LogP contribution in [0.1, 0.15) is 43.7 Å². The minimum Gasteiger partial charge on any atom is -0.305 e. The van der Waals surface area contributed by atoms with Gasteiger partial charge in [0.05, 0.1) is 11.3 Å². The van der Waals surface area contributed by atoms with Crippen molar-refractivity contribution < 1.29 is 8.42 Å². The van der Waals surface area contributed by atoms with Gasteiger partial charge in [0.2, 0.25) is 0 Å². The Balaban J connectivity index is 1.94. The Bertz CT molecular complexity index is 470. The zero-order valence-corrected chi connectivity index (χ0v) is 12.4. The van der Waals surface area contributed by atoms with Crippen LogP contribution in [0.2, 0.25) is 0 Å². The molecule has 18 heavy (non-hydrogen) atoms. The van der Waals surface area contributed by atoms with Gasteiger partial charge in [-0.1, -0.05) is 6.42 Å². The third-order valence-corrected chi connectivity index (χ3v) is 6.14. The lowest BCUT2D eigenvalue weighted by Gasteiger charge is -2.30. The number of hydrogen-bond donors (Lipinski definition) is 1. The molecule has 0 saturated heterocycles. The van der Waals surface area contributed by atoms with Crippen LogP contribution in [0.3, 0.4) is 0 Å². The first-order valence-corrected chi connectivity index (χ1v) is 9.14. The van der Waals surface area contributed by atoms with E-state index in [9.17, 15) is 8.42 Å². The number of aromatic nitrogens is 1. The first-order valence-electron chi connectivity index (χ1n) is 6.31. The van der Waals surface area contributed by atoms with E-state index in [-0.39, 0.29) is 17.3 Å². The Kier molecular flexibility index (Phi) is 4.40. The standard InChI is InChI=1S/C12H20N2O2S2/c1-9(12-13-6-7-17-12)14-10-4-3-5-11(8-10)18(2,15)16/h6-7,9-11,14H,3-5,8H2,1-2H3. The molecule has 4 nitrogen and oxygen atoms in total. The topological polar surface area (TPSA) is 59.1 Å². The van der Waals surface area contributed by atoms with E-state index in [0.29, 0.717) is 0 Å². The molecular weight excluding hydrogens is 268 g/mol. The molecule has 1 heterocycles. The highest BCUT2D eigenvalue weighted by molar-refractivity contribution is 7.91. The molecule has 102 valence electrons. The zero-order valence-electron chi connectivity index (χ0n) is 10.8. The van der Waals surface area contributed by atoms with Crippen molar-refractivity contribution in [1.29, 1.82) is 0 Å². The highest BCUT2D eigenvalue weighted by Gasteiger charge is 2.29. The molecule has 0 bridgehead atoms. The predicted molar refractivity (Wildman–Crippen MR) is 74.6 cm³/mol. The van der Waals surface area contributed by atoms with Crippen molar-refractivity contribution in [1.82, 2.24) is 10.3 Å². The molecule has 1 aromatic rings. The molecule has 0 aliphatic heterocycles. The van der Waals surface area contributed by atoms with E-state index >= 15 is 0 Å². The Morgan fingerprint density at radius 3 is 2.89 bits per heavy atom. The summed E-state index contributed by atoms with van der Waals surface area (Å²) in [5, 5.41) is 6.37. The molecule has 1 N–H and O–H groups in total.